The zero-order chi connectivity index (χ0) is 19.4. The van der Waals surface area contributed by atoms with E-state index in [1.807, 2.05) is 31.2 Å². The van der Waals surface area contributed by atoms with E-state index in [1.54, 1.807) is 6.92 Å². The molecular formula is C21H26N2O4. The van der Waals surface area contributed by atoms with E-state index in [0.29, 0.717) is 5.69 Å². The van der Waals surface area contributed by atoms with Gasteiger partial charge < -0.3 is 9.84 Å². The van der Waals surface area contributed by atoms with Crippen LogP contribution >= 0.6 is 0 Å². The van der Waals surface area contributed by atoms with E-state index in [4.69, 9.17) is 4.74 Å². The molecule has 1 fully saturated rings. The number of esters is 1. The van der Waals surface area contributed by atoms with Gasteiger partial charge in [-0.05, 0) is 37.8 Å². The van der Waals surface area contributed by atoms with E-state index in [9.17, 15) is 14.7 Å². The normalized spacial score (nSPS) is 14.9. The molecule has 1 aliphatic carbocycles. The largest absolute Gasteiger partial charge is 0.505 e. The molecule has 27 heavy (non-hydrogen) atoms. The van der Waals surface area contributed by atoms with Crippen molar-refractivity contribution in [2.24, 2.45) is 0 Å². The average Bonchev–Trinajstić information content (AvgIpc) is 2.66. The van der Waals surface area contributed by atoms with Crippen LogP contribution in [0.5, 0.6) is 5.75 Å². The van der Waals surface area contributed by atoms with Crippen LogP contribution < -0.4 is 5.56 Å². The zero-order valence-corrected chi connectivity index (χ0v) is 15.9. The third-order valence-electron chi connectivity index (χ3n) is 5.21. The van der Waals surface area contributed by atoms with Gasteiger partial charge in [-0.2, -0.15) is 5.10 Å². The first-order valence-electron chi connectivity index (χ1n) is 9.58. The molecule has 1 saturated carbocycles. The van der Waals surface area contributed by atoms with Crippen molar-refractivity contribution in [3.8, 4) is 5.75 Å². The van der Waals surface area contributed by atoms with Gasteiger partial charge in [0.15, 0.2) is 11.3 Å². The molecule has 0 amide bonds. The van der Waals surface area contributed by atoms with E-state index in [1.165, 1.54) is 4.68 Å². The van der Waals surface area contributed by atoms with Gasteiger partial charge in [0.05, 0.1) is 13.2 Å². The van der Waals surface area contributed by atoms with Crippen molar-refractivity contribution in [3.05, 3.63) is 57.0 Å². The molecule has 1 aromatic heterocycles. The lowest BCUT2D eigenvalue weighted by molar-refractivity contribution is 0.0519. The van der Waals surface area contributed by atoms with Gasteiger partial charge in [0.2, 0.25) is 0 Å². The molecule has 144 valence electrons. The summed E-state index contributed by atoms with van der Waals surface area (Å²) in [6.45, 7) is 4.02. The summed E-state index contributed by atoms with van der Waals surface area (Å²) in [4.78, 5) is 25.3. The Labute approximate surface area is 158 Å². The number of hydrogen-bond donors (Lipinski definition) is 1. The first kappa shape index (κ1) is 19.1. The number of carbonyl (C=O) groups excluding carboxylic acids is 1. The summed E-state index contributed by atoms with van der Waals surface area (Å²) in [5, 5.41) is 15.2. The van der Waals surface area contributed by atoms with Crippen LogP contribution in [0.15, 0.2) is 29.1 Å². The van der Waals surface area contributed by atoms with Gasteiger partial charge in [-0.1, -0.05) is 43.5 Å². The number of carbonyl (C=O) groups is 1. The van der Waals surface area contributed by atoms with Crippen LogP contribution in [0.3, 0.4) is 0 Å². The first-order valence-corrected chi connectivity index (χ1v) is 9.58. The molecule has 2 aromatic rings. The van der Waals surface area contributed by atoms with Gasteiger partial charge in [-0.3, -0.25) is 4.79 Å². The number of benzene rings is 1. The Kier molecular flexibility index (Phi) is 5.94. The maximum absolute atomic E-state index is 12.9. The van der Waals surface area contributed by atoms with E-state index < -0.39 is 11.5 Å². The molecular weight excluding hydrogens is 344 g/mol. The van der Waals surface area contributed by atoms with Crippen LogP contribution in [0.1, 0.15) is 72.1 Å². The second kappa shape index (κ2) is 8.37. The number of aromatic nitrogens is 2. The minimum Gasteiger partial charge on any atom is -0.505 e. The van der Waals surface area contributed by atoms with Crippen LogP contribution in [0.4, 0.5) is 0 Å². The van der Waals surface area contributed by atoms with Crippen molar-refractivity contribution in [1.29, 1.82) is 0 Å². The minimum atomic E-state index is -0.794. The molecule has 1 N–H and O–H groups in total. The molecule has 0 bridgehead atoms. The molecule has 0 spiro atoms. The highest BCUT2D eigenvalue weighted by atomic mass is 16.5. The summed E-state index contributed by atoms with van der Waals surface area (Å²) in [5.41, 5.74) is 1.50. The molecule has 1 aliphatic rings. The highest BCUT2D eigenvalue weighted by Gasteiger charge is 2.29. The molecule has 0 saturated heterocycles. The number of nitrogens with zero attached hydrogens (tertiary/aromatic N) is 2. The summed E-state index contributed by atoms with van der Waals surface area (Å²) >= 11 is 0. The van der Waals surface area contributed by atoms with Crippen molar-refractivity contribution >= 4 is 5.97 Å². The maximum Gasteiger partial charge on any atom is 0.347 e. The molecule has 0 unspecified atom stereocenters. The van der Waals surface area contributed by atoms with Crippen LogP contribution in [0, 0.1) is 6.92 Å². The number of ether oxygens (including phenoxy) is 1. The summed E-state index contributed by atoms with van der Waals surface area (Å²) in [7, 11) is 0. The second-order valence-corrected chi connectivity index (χ2v) is 7.05. The smallest absolute Gasteiger partial charge is 0.347 e. The van der Waals surface area contributed by atoms with E-state index in [2.05, 4.69) is 5.10 Å². The topological polar surface area (TPSA) is 81.4 Å². The average molecular weight is 370 g/mol. The quantitative estimate of drug-likeness (QED) is 0.814. The molecule has 3 rings (SSSR count). The molecule has 0 radical (unpaired) electrons. The molecule has 0 aliphatic heterocycles. The Hall–Kier alpha value is -2.63. The summed E-state index contributed by atoms with van der Waals surface area (Å²) in [6.07, 6.45) is 5.05. The Morgan fingerprint density at radius 3 is 2.63 bits per heavy atom. The lowest BCUT2D eigenvalue weighted by atomic mass is 9.86. The van der Waals surface area contributed by atoms with E-state index in [0.717, 1.165) is 43.2 Å². The number of hydrogen-bond acceptors (Lipinski definition) is 5. The van der Waals surface area contributed by atoms with E-state index >= 15 is 0 Å². The fourth-order valence-electron chi connectivity index (χ4n) is 3.68. The van der Waals surface area contributed by atoms with Crippen molar-refractivity contribution in [1.82, 2.24) is 9.78 Å². The van der Waals surface area contributed by atoms with Crippen LogP contribution in [-0.2, 0) is 11.3 Å². The molecule has 6 heteroatoms. The number of aromatic hydroxyl groups is 1. The molecule has 1 heterocycles. The van der Waals surface area contributed by atoms with Gasteiger partial charge in [0.25, 0.3) is 5.56 Å². The Balaban J connectivity index is 2.11. The van der Waals surface area contributed by atoms with Crippen molar-refractivity contribution < 1.29 is 14.6 Å². The third kappa shape index (κ3) is 4.04. The van der Waals surface area contributed by atoms with Crippen LogP contribution in [0.2, 0.25) is 0 Å². The lowest BCUT2D eigenvalue weighted by Gasteiger charge is -2.23. The number of rotatable bonds is 5. The van der Waals surface area contributed by atoms with Gasteiger partial charge in [-0.25, -0.2) is 9.48 Å². The monoisotopic (exact) mass is 370 g/mol. The SMILES string of the molecule is CCOC(=O)c1c(O)c(C2CCCCC2)nn(Cc2ccccc2C)c1=O. The third-order valence-corrected chi connectivity index (χ3v) is 5.21. The second-order valence-electron chi connectivity index (χ2n) is 7.05. The highest BCUT2D eigenvalue weighted by molar-refractivity contribution is 5.92. The molecule has 1 aromatic carbocycles. The van der Waals surface area contributed by atoms with Crippen molar-refractivity contribution in [3.63, 3.8) is 0 Å². The van der Waals surface area contributed by atoms with Gasteiger partial charge in [-0.15, -0.1) is 0 Å². The van der Waals surface area contributed by atoms with Crippen LogP contribution in [0.25, 0.3) is 0 Å². The summed E-state index contributed by atoms with van der Waals surface area (Å²) in [5.74, 6) is -1.06. The Morgan fingerprint density at radius 1 is 1.26 bits per heavy atom. The first-order chi connectivity index (χ1) is 13.0. The van der Waals surface area contributed by atoms with Crippen molar-refractivity contribution in [2.45, 2.75) is 58.4 Å². The Morgan fingerprint density at radius 2 is 1.96 bits per heavy atom. The molecule has 6 nitrogen and oxygen atoms in total. The maximum atomic E-state index is 12.9. The fourth-order valence-corrected chi connectivity index (χ4v) is 3.68. The minimum absolute atomic E-state index is 0.0515. The van der Waals surface area contributed by atoms with Gasteiger partial charge in [0.1, 0.15) is 5.69 Å². The predicted molar refractivity (Wildman–Crippen MR) is 102 cm³/mol. The number of aryl methyl sites for hydroxylation is 1. The van der Waals surface area contributed by atoms with Crippen LogP contribution in [-0.4, -0.2) is 27.5 Å². The predicted octanol–water partition coefficient (Wildman–Crippen LogP) is 3.53. The highest BCUT2D eigenvalue weighted by Crippen LogP contribution is 2.36. The zero-order valence-electron chi connectivity index (χ0n) is 15.9. The van der Waals surface area contributed by atoms with Gasteiger partial charge >= 0.3 is 5.97 Å². The summed E-state index contributed by atoms with van der Waals surface area (Å²) < 4.78 is 6.31. The Bertz CT molecular complexity index is 882. The standard InChI is InChI=1S/C21H26N2O4/c1-3-27-21(26)17-19(24)18(15-10-5-4-6-11-15)22-23(20(17)25)13-16-12-8-7-9-14(16)2/h7-9,12,15,24H,3-6,10-11,13H2,1-2H3. The molecule has 0 atom stereocenters. The van der Waals surface area contributed by atoms with E-state index in [-0.39, 0.29) is 30.4 Å². The van der Waals surface area contributed by atoms with Gasteiger partial charge in [0, 0.05) is 5.92 Å². The lowest BCUT2D eigenvalue weighted by Crippen LogP contribution is -2.32. The van der Waals surface area contributed by atoms with Crippen molar-refractivity contribution in [2.75, 3.05) is 6.61 Å². The summed E-state index contributed by atoms with van der Waals surface area (Å²) in [6, 6.07) is 7.74. The fraction of sp³-hybridized carbons (Fsp3) is 0.476.